The normalized spacial score (nSPS) is 17.2. The Morgan fingerprint density at radius 3 is 2.02 bits per heavy atom. The second-order valence-electron chi connectivity index (χ2n) is 11.5. The molecule has 1 aliphatic rings. The number of esters is 1. The monoisotopic (exact) mass is 645 g/mol. The number of amides is 3. The third kappa shape index (κ3) is 8.97. The average molecular weight is 646 g/mol. The second-order valence-corrected chi connectivity index (χ2v) is 12.6. The van der Waals surface area contributed by atoms with Gasteiger partial charge in [0.05, 0.1) is 6.10 Å². The predicted octanol–water partition coefficient (Wildman–Crippen LogP) is 4.90. The van der Waals surface area contributed by atoms with Crippen LogP contribution < -0.4 is 15.4 Å². The summed E-state index contributed by atoms with van der Waals surface area (Å²) >= 11 is 1.44. The topological polar surface area (TPSA) is 131 Å². The standard InChI is InChI=1S/C35H39N3O7S/c1-22(2)29(37-35(43)45-26-18-12-7-13-19-26)32(41)38-28(21-46-33(38)25-16-10-6-11-17-25)36-31(40)27(20-24-14-8-5-9-15-24)30(39)34(42)44-23(3)4/h5-19,22-23,27-29,33H,20-21H2,1-4H3,(H,36,40)(H,37,43)/t27-,28+,29-,33+/m0/s1. The number of carbonyl (C=O) groups excluding carboxylic acids is 5. The van der Waals surface area contributed by atoms with Crippen LogP contribution in [0.15, 0.2) is 91.0 Å². The highest BCUT2D eigenvalue weighted by Crippen LogP contribution is 2.41. The molecule has 4 rings (SSSR count). The summed E-state index contributed by atoms with van der Waals surface area (Å²) in [6.07, 6.45) is -2.22. The van der Waals surface area contributed by atoms with Crippen LogP contribution in [0.4, 0.5) is 4.79 Å². The fourth-order valence-electron chi connectivity index (χ4n) is 5.02. The lowest BCUT2D eigenvalue weighted by molar-refractivity contribution is -0.160. The molecule has 1 saturated heterocycles. The van der Waals surface area contributed by atoms with Crippen molar-refractivity contribution < 1.29 is 33.4 Å². The quantitative estimate of drug-likeness (QED) is 0.162. The Morgan fingerprint density at radius 1 is 0.848 bits per heavy atom. The summed E-state index contributed by atoms with van der Waals surface area (Å²) in [6.45, 7) is 6.84. The highest BCUT2D eigenvalue weighted by atomic mass is 32.2. The molecule has 3 aromatic rings. The largest absolute Gasteiger partial charge is 0.457 e. The van der Waals surface area contributed by atoms with E-state index in [9.17, 15) is 24.0 Å². The molecule has 4 atom stereocenters. The number of hydrogen-bond acceptors (Lipinski definition) is 8. The summed E-state index contributed by atoms with van der Waals surface area (Å²) in [4.78, 5) is 68.5. The maximum atomic E-state index is 14.3. The maximum Gasteiger partial charge on any atom is 0.413 e. The van der Waals surface area contributed by atoms with E-state index in [0.717, 1.165) is 5.56 Å². The highest BCUT2D eigenvalue weighted by Gasteiger charge is 2.44. The Morgan fingerprint density at radius 2 is 1.43 bits per heavy atom. The Bertz CT molecular complexity index is 1500. The molecule has 0 radical (unpaired) electrons. The molecule has 2 N–H and O–H groups in total. The van der Waals surface area contributed by atoms with Gasteiger partial charge in [0.1, 0.15) is 29.2 Å². The van der Waals surface area contributed by atoms with Gasteiger partial charge in [-0.2, -0.15) is 0 Å². The molecule has 0 bridgehead atoms. The van der Waals surface area contributed by atoms with E-state index < -0.39 is 59.3 Å². The average Bonchev–Trinajstić information content (AvgIpc) is 3.46. The van der Waals surface area contributed by atoms with Crippen molar-refractivity contribution in [2.75, 3.05) is 5.75 Å². The minimum atomic E-state index is -1.38. The number of carbonyl (C=O) groups is 5. The van der Waals surface area contributed by atoms with Crippen molar-refractivity contribution in [1.82, 2.24) is 15.5 Å². The smallest absolute Gasteiger partial charge is 0.413 e. The fraction of sp³-hybridized carbons (Fsp3) is 0.343. The van der Waals surface area contributed by atoms with Gasteiger partial charge in [-0.3, -0.25) is 14.4 Å². The molecule has 3 aromatic carbocycles. The molecular formula is C35H39N3O7S. The molecule has 0 spiro atoms. The van der Waals surface area contributed by atoms with Crippen LogP contribution in [0.2, 0.25) is 0 Å². The first kappa shape index (κ1) is 34.2. The lowest BCUT2D eigenvalue weighted by atomic mass is 9.94. The molecule has 1 fully saturated rings. The molecular weight excluding hydrogens is 606 g/mol. The van der Waals surface area contributed by atoms with Crippen LogP contribution in [0.1, 0.15) is 44.2 Å². The van der Waals surface area contributed by atoms with Gasteiger partial charge in [0.15, 0.2) is 0 Å². The Labute approximate surface area is 273 Å². The Balaban J connectivity index is 1.61. The minimum Gasteiger partial charge on any atom is -0.457 e. The molecule has 46 heavy (non-hydrogen) atoms. The van der Waals surface area contributed by atoms with Gasteiger partial charge in [0, 0.05) is 5.75 Å². The van der Waals surface area contributed by atoms with Gasteiger partial charge in [-0.15, -0.1) is 11.8 Å². The van der Waals surface area contributed by atoms with Crippen LogP contribution in [-0.2, 0) is 30.3 Å². The third-order valence-electron chi connectivity index (χ3n) is 7.27. The number of para-hydroxylation sites is 1. The predicted molar refractivity (Wildman–Crippen MR) is 175 cm³/mol. The summed E-state index contributed by atoms with van der Waals surface area (Å²) in [5.74, 6) is -4.30. The third-order valence-corrected chi connectivity index (χ3v) is 8.59. The van der Waals surface area contributed by atoms with Gasteiger partial charge < -0.3 is 25.0 Å². The first-order valence-corrected chi connectivity index (χ1v) is 16.2. The van der Waals surface area contributed by atoms with Crippen molar-refractivity contribution >= 4 is 41.4 Å². The number of nitrogens with one attached hydrogen (secondary N) is 2. The van der Waals surface area contributed by atoms with Gasteiger partial charge in [-0.1, -0.05) is 92.7 Å². The van der Waals surface area contributed by atoms with E-state index >= 15 is 0 Å². The zero-order chi connectivity index (χ0) is 33.2. The van der Waals surface area contributed by atoms with Crippen molar-refractivity contribution in [3.8, 4) is 5.75 Å². The summed E-state index contributed by atoms with van der Waals surface area (Å²) in [5, 5.41) is 5.08. The fourth-order valence-corrected chi connectivity index (χ4v) is 6.39. The van der Waals surface area contributed by atoms with Crippen LogP contribution in [-0.4, -0.2) is 58.6 Å². The van der Waals surface area contributed by atoms with E-state index in [2.05, 4.69) is 10.6 Å². The van der Waals surface area contributed by atoms with Crippen LogP contribution in [0.5, 0.6) is 5.75 Å². The number of nitrogens with zero attached hydrogens (tertiary/aromatic N) is 1. The summed E-state index contributed by atoms with van der Waals surface area (Å²) in [6, 6.07) is 25.7. The number of benzene rings is 3. The van der Waals surface area contributed by atoms with Gasteiger partial charge in [-0.05, 0) is 49.4 Å². The van der Waals surface area contributed by atoms with E-state index in [4.69, 9.17) is 9.47 Å². The highest BCUT2D eigenvalue weighted by molar-refractivity contribution is 7.99. The maximum absolute atomic E-state index is 14.3. The first-order valence-electron chi connectivity index (χ1n) is 15.2. The van der Waals surface area contributed by atoms with Crippen molar-refractivity contribution in [1.29, 1.82) is 0 Å². The first-order chi connectivity index (χ1) is 22.0. The van der Waals surface area contributed by atoms with Crippen LogP contribution in [0.3, 0.4) is 0 Å². The van der Waals surface area contributed by atoms with Crippen molar-refractivity contribution in [2.24, 2.45) is 11.8 Å². The van der Waals surface area contributed by atoms with E-state index in [1.807, 2.05) is 36.4 Å². The molecule has 1 aliphatic heterocycles. The minimum absolute atomic E-state index is 0.0316. The molecule has 1 heterocycles. The molecule has 0 unspecified atom stereocenters. The second kappa shape index (κ2) is 16.1. The summed E-state index contributed by atoms with van der Waals surface area (Å²) in [7, 11) is 0. The van der Waals surface area contributed by atoms with Gasteiger partial charge in [0.25, 0.3) is 5.78 Å². The zero-order valence-corrected chi connectivity index (χ0v) is 27.1. The van der Waals surface area contributed by atoms with Crippen molar-refractivity contribution in [3.05, 3.63) is 102 Å². The number of rotatable bonds is 12. The molecule has 3 amide bonds. The molecule has 0 saturated carbocycles. The van der Waals surface area contributed by atoms with Crippen molar-refractivity contribution in [3.63, 3.8) is 0 Å². The number of thioether (sulfide) groups is 1. The molecule has 11 heteroatoms. The Kier molecular flexibility index (Phi) is 12.0. The Hall–Kier alpha value is -4.64. The van der Waals surface area contributed by atoms with Gasteiger partial charge in [-0.25, -0.2) is 9.59 Å². The number of ketones is 1. The lowest BCUT2D eigenvalue weighted by Crippen LogP contribution is -2.58. The van der Waals surface area contributed by atoms with Gasteiger partial charge >= 0.3 is 12.1 Å². The number of Topliss-reactive ketones (excluding diaryl/α,β-unsaturated/α-hetero) is 1. The molecule has 0 aromatic heterocycles. The van der Waals surface area contributed by atoms with Gasteiger partial charge in [0.2, 0.25) is 11.8 Å². The van der Waals surface area contributed by atoms with Crippen LogP contribution in [0.25, 0.3) is 0 Å². The molecule has 10 nitrogen and oxygen atoms in total. The van der Waals surface area contributed by atoms with E-state index in [1.165, 1.54) is 16.7 Å². The zero-order valence-electron chi connectivity index (χ0n) is 26.3. The number of hydrogen-bond donors (Lipinski definition) is 2. The van der Waals surface area contributed by atoms with Crippen LogP contribution in [0, 0.1) is 11.8 Å². The van der Waals surface area contributed by atoms with E-state index in [0.29, 0.717) is 17.1 Å². The SMILES string of the molecule is CC(C)OC(=O)C(=O)[C@H](Cc1ccccc1)C(=O)N[C@H]1CS[C@H](c2ccccc2)N1C(=O)[C@@H](NC(=O)Oc1ccccc1)C(C)C. The lowest BCUT2D eigenvalue weighted by Gasteiger charge is -2.35. The van der Waals surface area contributed by atoms with E-state index in [-0.39, 0.29) is 12.3 Å². The number of ether oxygens (including phenoxy) is 2. The summed E-state index contributed by atoms with van der Waals surface area (Å²) in [5.41, 5.74) is 1.51. The molecule has 0 aliphatic carbocycles. The van der Waals surface area contributed by atoms with Crippen molar-refractivity contribution in [2.45, 2.75) is 57.8 Å². The molecule has 242 valence electrons. The van der Waals surface area contributed by atoms with E-state index in [1.54, 1.807) is 82.3 Å². The summed E-state index contributed by atoms with van der Waals surface area (Å²) < 4.78 is 10.5. The van der Waals surface area contributed by atoms with Crippen LogP contribution >= 0.6 is 11.8 Å².